The quantitative estimate of drug-likeness (QED) is 0.718. The van der Waals surface area contributed by atoms with Crippen LogP contribution in [0.1, 0.15) is 38.6 Å². The average molecular weight is 399 g/mol. The number of furan rings is 1. The molecule has 2 aromatic rings. The molecule has 0 radical (unpaired) electrons. The molecule has 21 heavy (non-hydrogen) atoms. The highest BCUT2D eigenvalue weighted by Crippen LogP contribution is 2.27. The molecule has 5 heteroatoms. The standard InChI is InChI=1S/C16H22IN3O/c1-5-7-18-16-14(17)13(9-10(2)3)19-15(20-16)12-6-8-21-11(12)4/h6,8,10H,5,7,9H2,1-4H3,(H,18,19,20). The summed E-state index contributed by atoms with van der Waals surface area (Å²) >= 11 is 2.35. The van der Waals surface area contributed by atoms with Gasteiger partial charge in [-0.25, -0.2) is 9.97 Å². The molecule has 0 bridgehead atoms. The summed E-state index contributed by atoms with van der Waals surface area (Å²) in [5.74, 6) is 3.09. The van der Waals surface area contributed by atoms with Crippen LogP contribution in [0.2, 0.25) is 0 Å². The van der Waals surface area contributed by atoms with Crippen LogP contribution in [0.25, 0.3) is 11.4 Å². The maximum absolute atomic E-state index is 5.39. The van der Waals surface area contributed by atoms with Gasteiger partial charge in [0.1, 0.15) is 11.6 Å². The molecular weight excluding hydrogens is 377 g/mol. The molecule has 0 aliphatic heterocycles. The zero-order valence-electron chi connectivity index (χ0n) is 13.0. The van der Waals surface area contributed by atoms with Crippen molar-refractivity contribution in [2.75, 3.05) is 11.9 Å². The fraction of sp³-hybridized carbons (Fsp3) is 0.500. The van der Waals surface area contributed by atoms with E-state index in [4.69, 9.17) is 14.4 Å². The first-order valence-corrected chi connectivity index (χ1v) is 8.45. The molecule has 0 amide bonds. The van der Waals surface area contributed by atoms with Crippen LogP contribution in [0.15, 0.2) is 16.7 Å². The minimum absolute atomic E-state index is 0.561. The maximum atomic E-state index is 5.39. The van der Waals surface area contributed by atoms with E-state index in [0.717, 1.165) is 51.6 Å². The lowest BCUT2D eigenvalue weighted by Gasteiger charge is -2.14. The fourth-order valence-corrected chi connectivity index (χ4v) is 2.77. The predicted octanol–water partition coefficient (Wildman–Crippen LogP) is 4.67. The Morgan fingerprint density at radius 2 is 2.10 bits per heavy atom. The van der Waals surface area contributed by atoms with Gasteiger partial charge in [0, 0.05) is 6.54 Å². The Balaban J connectivity index is 2.47. The number of aromatic nitrogens is 2. The zero-order valence-corrected chi connectivity index (χ0v) is 15.2. The van der Waals surface area contributed by atoms with Crippen molar-refractivity contribution in [3.05, 3.63) is 27.4 Å². The van der Waals surface area contributed by atoms with Crippen LogP contribution in [0, 0.1) is 16.4 Å². The zero-order chi connectivity index (χ0) is 15.4. The maximum Gasteiger partial charge on any atom is 0.165 e. The van der Waals surface area contributed by atoms with Gasteiger partial charge in [-0.1, -0.05) is 20.8 Å². The monoisotopic (exact) mass is 399 g/mol. The van der Waals surface area contributed by atoms with E-state index in [1.165, 1.54) is 0 Å². The minimum Gasteiger partial charge on any atom is -0.469 e. The molecule has 0 saturated heterocycles. The molecule has 0 aliphatic carbocycles. The number of hydrogen-bond acceptors (Lipinski definition) is 4. The van der Waals surface area contributed by atoms with Crippen molar-refractivity contribution in [1.29, 1.82) is 0 Å². The molecule has 0 saturated carbocycles. The van der Waals surface area contributed by atoms with Crippen molar-refractivity contribution in [3.8, 4) is 11.4 Å². The van der Waals surface area contributed by atoms with Gasteiger partial charge in [0.15, 0.2) is 5.82 Å². The van der Waals surface area contributed by atoms with E-state index < -0.39 is 0 Å². The summed E-state index contributed by atoms with van der Waals surface area (Å²) in [6.07, 6.45) is 3.71. The van der Waals surface area contributed by atoms with Gasteiger partial charge in [-0.2, -0.15) is 0 Å². The van der Waals surface area contributed by atoms with Gasteiger partial charge in [-0.15, -0.1) is 0 Å². The third-order valence-electron chi connectivity index (χ3n) is 3.16. The van der Waals surface area contributed by atoms with Gasteiger partial charge in [0.25, 0.3) is 0 Å². The highest BCUT2D eigenvalue weighted by atomic mass is 127. The Kier molecular flexibility index (Phi) is 5.61. The van der Waals surface area contributed by atoms with Crippen molar-refractivity contribution < 1.29 is 4.42 Å². The summed E-state index contributed by atoms with van der Waals surface area (Å²) in [5, 5.41) is 3.41. The van der Waals surface area contributed by atoms with Gasteiger partial charge in [-0.3, -0.25) is 0 Å². The molecule has 0 fully saturated rings. The van der Waals surface area contributed by atoms with Gasteiger partial charge in [-0.05, 0) is 54.3 Å². The van der Waals surface area contributed by atoms with E-state index in [-0.39, 0.29) is 0 Å². The number of hydrogen-bond donors (Lipinski definition) is 1. The second-order valence-electron chi connectivity index (χ2n) is 5.57. The van der Waals surface area contributed by atoms with Crippen molar-refractivity contribution in [2.45, 2.75) is 40.5 Å². The van der Waals surface area contributed by atoms with Crippen molar-refractivity contribution in [1.82, 2.24) is 9.97 Å². The van der Waals surface area contributed by atoms with Gasteiger partial charge in [0.05, 0.1) is 21.1 Å². The van der Waals surface area contributed by atoms with E-state index in [1.807, 2.05) is 13.0 Å². The Labute approximate surface area is 139 Å². The predicted molar refractivity (Wildman–Crippen MR) is 94.5 cm³/mol. The summed E-state index contributed by atoms with van der Waals surface area (Å²) < 4.78 is 6.51. The van der Waals surface area contributed by atoms with E-state index in [0.29, 0.717) is 5.92 Å². The van der Waals surface area contributed by atoms with Gasteiger partial charge in [0.2, 0.25) is 0 Å². The second-order valence-corrected chi connectivity index (χ2v) is 6.65. The van der Waals surface area contributed by atoms with Gasteiger partial charge < -0.3 is 9.73 Å². The highest BCUT2D eigenvalue weighted by Gasteiger charge is 2.16. The topological polar surface area (TPSA) is 51.0 Å². The smallest absolute Gasteiger partial charge is 0.165 e. The van der Waals surface area contributed by atoms with E-state index >= 15 is 0 Å². The molecule has 0 spiro atoms. The first kappa shape index (κ1) is 16.3. The number of aryl methyl sites for hydroxylation is 1. The Morgan fingerprint density at radius 1 is 1.33 bits per heavy atom. The SMILES string of the molecule is CCCNc1nc(-c2ccoc2C)nc(CC(C)C)c1I. The van der Waals surface area contributed by atoms with Crippen LogP contribution in [0.5, 0.6) is 0 Å². The normalized spacial score (nSPS) is 11.1. The Bertz CT molecular complexity index is 608. The fourth-order valence-electron chi connectivity index (χ4n) is 2.11. The van der Waals surface area contributed by atoms with Crippen LogP contribution < -0.4 is 5.32 Å². The lowest BCUT2D eigenvalue weighted by Crippen LogP contribution is -2.10. The van der Waals surface area contributed by atoms with Gasteiger partial charge >= 0.3 is 0 Å². The molecule has 0 atom stereocenters. The van der Waals surface area contributed by atoms with Crippen LogP contribution in [0.4, 0.5) is 5.82 Å². The first-order valence-electron chi connectivity index (χ1n) is 7.37. The summed E-state index contributed by atoms with van der Waals surface area (Å²) in [7, 11) is 0. The van der Waals surface area contributed by atoms with Crippen molar-refractivity contribution in [3.63, 3.8) is 0 Å². The third kappa shape index (κ3) is 3.96. The molecule has 114 valence electrons. The van der Waals surface area contributed by atoms with Crippen molar-refractivity contribution in [2.24, 2.45) is 5.92 Å². The summed E-state index contributed by atoms with van der Waals surface area (Å²) in [5.41, 5.74) is 2.07. The molecular formula is C16H22IN3O. The lowest BCUT2D eigenvalue weighted by atomic mass is 10.1. The largest absolute Gasteiger partial charge is 0.469 e. The van der Waals surface area contributed by atoms with E-state index in [1.54, 1.807) is 6.26 Å². The summed E-state index contributed by atoms with van der Waals surface area (Å²) in [6.45, 7) is 9.42. The number of nitrogens with one attached hydrogen (secondary N) is 1. The Morgan fingerprint density at radius 3 is 2.67 bits per heavy atom. The molecule has 1 N–H and O–H groups in total. The van der Waals surface area contributed by atoms with Crippen LogP contribution in [0.3, 0.4) is 0 Å². The van der Waals surface area contributed by atoms with Crippen LogP contribution in [-0.2, 0) is 6.42 Å². The minimum atomic E-state index is 0.561. The van der Waals surface area contributed by atoms with E-state index in [2.05, 4.69) is 48.7 Å². The molecule has 2 rings (SSSR count). The molecule has 0 aliphatic rings. The van der Waals surface area contributed by atoms with Crippen LogP contribution >= 0.6 is 22.6 Å². The number of rotatable bonds is 6. The molecule has 4 nitrogen and oxygen atoms in total. The summed E-state index contributed by atoms with van der Waals surface area (Å²) in [4.78, 5) is 9.46. The third-order valence-corrected chi connectivity index (χ3v) is 4.30. The molecule has 2 heterocycles. The number of halogens is 1. The lowest BCUT2D eigenvalue weighted by molar-refractivity contribution is 0.535. The highest BCUT2D eigenvalue weighted by molar-refractivity contribution is 14.1. The molecule has 2 aromatic heterocycles. The first-order chi connectivity index (χ1) is 10.0. The molecule has 0 aromatic carbocycles. The van der Waals surface area contributed by atoms with Crippen molar-refractivity contribution >= 4 is 28.4 Å². The number of anilines is 1. The van der Waals surface area contributed by atoms with Crippen LogP contribution in [-0.4, -0.2) is 16.5 Å². The Hall–Kier alpha value is -1.11. The summed E-state index contributed by atoms with van der Waals surface area (Å²) in [6, 6.07) is 1.93. The molecule has 0 unspecified atom stereocenters. The average Bonchev–Trinajstić information content (AvgIpc) is 2.85. The number of nitrogens with zero attached hydrogens (tertiary/aromatic N) is 2. The van der Waals surface area contributed by atoms with E-state index in [9.17, 15) is 0 Å². The second kappa shape index (κ2) is 7.24.